The molecule has 1 fully saturated rings. The van der Waals surface area contributed by atoms with Gasteiger partial charge in [-0.15, -0.1) is 23.2 Å². The number of carbonyl (C=O) groups is 2. The van der Waals surface area contributed by atoms with Crippen molar-refractivity contribution in [1.29, 1.82) is 0 Å². The molecular formula is C28H31F2NO4S. The Balaban J connectivity index is 1.49. The lowest BCUT2D eigenvalue weighted by Crippen LogP contribution is -2.36. The fourth-order valence-electron chi connectivity index (χ4n) is 4.04. The molecule has 1 amide bonds. The summed E-state index contributed by atoms with van der Waals surface area (Å²) in [6.07, 6.45) is 4.48. The Morgan fingerprint density at radius 1 is 1.22 bits per heavy atom. The molecule has 2 aromatic rings. The number of benzene rings is 1. The summed E-state index contributed by atoms with van der Waals surface area (Å²) >= 11 is 1.14. The number of alkyl halides is 2. The van der Waals surface area contributed by atoms with Gasteiger partial charge in [0.25, 0.3) is 5.91 Å². The number of hydrogen-bond acceptors (Lipinski definition) is 4. The van der Waals surface area contributed by atoms with Crippen molar-refractivity contribution in [3.05, 3.63) is 69.9 Å². The number of thiophene rings is 1. The minimum Gasteiger partial charge on any atom is -0.477 e. The molecule has 0 aliphatic carbocycles. The SMILES string of the molecule is C[C@@H](CC#CCCc1ccccc1)[C@H](O)/C=C/[C@H]1CC(F)(F)C(=O)N1CCCc1ccc(C(=O)O)s1. The van der Waals surface area contributed by atoms with E-state index in [2.05, 4.69) is 24.0 Å². The molecule has 3 rings (SSSR count). The zero-order valence-electron chi connectivity index (χ0n) is 20.2. The Kier molecular flexibility index (Phi) is 9.80. The quantitative estimate of drug-likeness (QED) is 0.319. The Morgan fingerprint density at radius 2 is 1.97 bits per heavy atom. The molecule has 0 bridgehead atoms. The van der Waals surface area contributed by atoms with Gasteiger partial charge in [-0.2, -0.15) is 8.78 Å². The van der Waals surface area contributed by atoms with Crippen LogP contribution in [0.4, 0.5) is 8.78 Å². The number of aliphatic hydroxyl groups excluding tert-OH is 1. The number of carboxylic acid groups (broad SMARTS) is 1. The molecule has 1 saturated heterocycles. The monoisotopic (exact) mass is 515 g/mol. The highest BCUT2D eigenvalue weighted by Crippen LogP contribution is 2.34. The van der Waals surface area contributed by atoms with Gasteiger partial charge in [-0.05, 0) is 42.9 Å². The lowest BCUT2D eigenvalue weighted by atomic mass is 9.99. The third-order valence-electron chi connectivity index (χ3n) is 6.18. The van der Waals surface area contributed by atoms with Gasteiger partial charge in [-0.25, -0.2) is 4.79 Å². The first-order valence-electron chi connectivity index (χ1n) is 12.0. The van der Waals surface area contributed by atoms with E-state index in [0.717, 1.165) is 34.0 Å². The van der Waals surface area contributed by atoms with Crippen LogP contribution in [0.15, 0.2) is 54.6 Å². The van der Waals surface area contributed by atoms with Crippen LogP contribution in [-0.2, 0) is 17.6 Å². The number of carbonyl (C=O) groups excluding carboxylic acids is 1. The van der Waals surface area contributed by atoms with Crippen molar-refractivity contribution in [1.82, 2.24) is 4.90 Å². The Bertz CT molecular complexity index is 1120. The minimum absolute atomic E-state index is 0.127. The molecule has 0 unspecified atom stereocenters. The third-order valence-corrected chi connectivity index (χ3v) is 7.31. The molecule has 0 saturated carbocycles. The van der Waals surface area contributed by atoms with E-state index in [4.69, 9.17) is 5.11 Å². The molecule has 8 heteroatoms. The van der Waals surface area contributed by atoms with E-state index >= 15 is 0 Å². The number of nitrogens with zero attached hydrogens (tertiary/aromatic N) is 1. The van der Waals surface area contributed by atoms with Crippen molar-refractivity contribution in [3.63, 3.8) is 0 Å². The first-order chi connectivity index (χ1) is 17.2. The second-order valence-corrected chi connectivity index (χ2v) is 10.2. The maximum atomic E-state index is 14.2. The van der Waals surface area contributed by atoms with Gasteiger partial charge < -0.3 is 15.1 Å². The smallest absolute Gasteiger partial charge is 0.345 e. The molecule has 5 nitrogen and oxygen atoms in total. The van der Waals surface area contributed by atoms with Gasteiger partial charge in [0.2, 0.25) is 0 Å². The molecule has 1 aliphatic heterocycles. The van der Waals surface area contributed by atoms with Gasteiger partial charge in [-0.3, -0.25) is 4.79 Å². The van der Waals surface area contributed by atoms with Crippen LogP contribution in [0.2, 0.25) is 0 Å². The number of amides is 1. The molecule has 2 heterocycles. The topological polar surface area (TPSA) is 77.8 Å². The highest BCUT2D eigenvalue weighted by atomic mass is 32.1. The zero-order chi connectivity index (χ0) is 26.1. The summed E-state index contributed by atoms with van der Waals surface area (Å²) in [5, 5.41) is 19.5. The minimum atomic E-state index is -3.44. The summed E-state index contributed by atoms with van der Waals surface area (Å²) in [5.41, 5.74) is 1.22. The maximum Gasteiger partial charge on any atom is 0.345 e. The van der Waals surface area contributed by atoms with Crippen molar-refractivity contribution in [2.24, 2.45) is 5.92 Å². The second-order valence-electron chi connectivity index (χ2n) is 9.05. The highest BCUT2D eigenvalue weighted by Gasteiger charge is 2.52. The predicted octanol–water partition coefficient (Wildman–Crippen LogP) is 5.19. The highest BCUT2D eigenvalue weighted by molar-refractivity contribution is 7.13. The zero-order valence-corrected chi connectivity index (χ0v) is 21.0. The molecule has 1 aliphatic rings. The van der Waals surface area contributed by atoms with Gasteiger partial charge in [0.15, 0.2) is 0 Å². The molecule has 2 N–H and O–H groups in total. The lowest BCUT2D eigenvalue weighted by molar-refractivity contribution is -0.148. The summed E-state index contributed by atoms with van der Waals surface area (Å²) in [6, 6.07) is 12.5. The Hall–Kier alpha value is -3.02. The van der Waals surface area contributed by atoms with Crippen LogP contribution in [0.5, 0.6) is 0 Å². The summed E-state index contributed by atoms with van der Waals surface area (Å²) in [6.45, 7) is 1.97. The molecule has 1 aromatic carbocycles. The van der Waals surface area contributed by atoms with Crippen LogP contribution >= 0.6 is 11.3 Å². The standard InChI is InChI=1S/C28H31F2NO4S/c1-20(9-4-2-5-10-21-11-6-3-7-12-21)24(32)16-14-22-19-28(29,30)27(35)31(22)18-8-13-23-15-17-25(36-23)26(33)34/h3,6-7,11-12,14-17,20,22,24,32H,5,8-10,13,18-19H2,1H3,(H,33,34)/b16-14+/t20-,22-,24+/m0/s1. The Morgan fingerprint density at radius 3 is 2.67 bits per heavy atom. The Labute approximate surface area is 214 Å². The van der Waals surface area contributed by atoms with E-state index in [1.807, 2.05) is 25.1 Å². The molecular weight excluding hydrogens is 484 g/mol. The molecule has 0 spiro atoms. The van der Waals surface area contributed by atoms with Crippen LogP contribution in [0.1, 0.15) is 52.7 Å². The van der Waals surface area contributed by atoms with Gasteiger partial charge in [0, 0.05) is 30.7 Å². The fraction of sp³-hybridized carbons (Fsp3) is 0.429. The van der Waals surface area contributed by atoms with Gasteiger partial charge >= 0.3 is 11.9 Å². The van der Waals surface area contributed by atoms with Crippen LogP contribution in [0, 0.1) is 17.8 Å². The first-order valence-corrected chi connectivity index (χ1v) is 12.9. The number of likely N-dealkylation sites (tertiary alicyclic amines) is 1. The molecule has 1 aromatic heterocycles. The van der Waals surface area contributed by atoms with E-state index < -0.39 is 36.4 Å². The summed E-state index contributed by atoms with van der Waals surface area (Å²) < 4.78 is 28.3. The van der Waals surface area contributed by atoms with Gasteiger partial charge in [0.05, 0.1) is 12.1 Å². The van der Waals surface area contributed by atoms with E-state index in [1.54, 1.807) is 6.07 Å². The fourth-order valence-corrected chi connectivity index (χ4v) is 4.92. The average molecular weight is 516 g/mol. The summed E-state index contributed by atoms with van der Waals surface area (Å²) in [5.74, 6) is 0.370. The first kappa shape index (κ1) is 27.6. The van der Waals surface area contributed by atoms with Crippen LogP contribution in [0.3, 0.4) is 0 Å². The molecule has 0 radical (unpaired) electrons. The number of rotatable bonds is 11. The number of aryl methyl sites for hydroxylation is 2. The van der Waals surface area contributed by atoms with Gasteiger partial charge in [0.1, 0.15) is 4.88 Å². The number of hydrogen-bond donors (Lipinski definition) is 2. The molecule has 192 valence electrons. The number of halogens is 2. The van der Waals surface area contributed by atoms with E-state index in [0.29, 0.717) is 19.3 Å². The lowest BCUT2D eigenvalue weighted by Gasteiger charge is -2.22. The molecule has 36 heavy (non-hydrogen) atoms. The van der Waals surface area contributed by atoms with Crippen molar-refractivity contribution < 1.29 is 28.6 Å². The van der Waals surface area contributed by atoms with Gasteiger partial charge in [-0.1, -0.05) is 49.4 Å². The van der Waals surface area contributed by atoms with Crippen molar-refractivity contribution in [2.75, 3.05) is 6.54 Å². The van der Waals surface area contributed by atoms with Crippen molar-refractivity contribution >= 4 is 23.2 Å². The third kappa shape index (κ3) is 7.74. The van der Waals surface area contributed by atoms with Crippen LogP contribution in [-0.4, -0.2) is 51.6 Å². The predicted molar refractivity (Wildman–Crippen MR) is 136 cm³/mol. The average Bonchev–Trinajstić information content (AvgIpc) is 3.41. The number of carboxylic acids is 1. The molecule has 3 atom stereocenters. The van der Waals surface area contributed by atoms with E-state index in [1.165, 1.54) is 23.8 Å². The normalized spacial score (nSPS) is 18.7. The van der Waals surface area contributed by atoms with Crippen molar-refractivity contribution in [3.8, 4) is 11.8 Å². The summed E-state index contributed by atoms with van der Waals surface area (Å²) in [4.78, 5) is 25.5. The second kappa shape index (κ2) is 12.8. The van der Waals surface area contributed by atoms with Crippen LogP contribution in [0.25, 0.3) is 0 Å². The van der Waals surface area contributed by atoms with Crippen LogP contribution < -0.4 is 0 Å². The van der Waals surface area contributed by atoms with E-state index in [-0.39, 0.29) is 17.3 Å². The largest absolute Gasteiger partial charge is 0.477 e. The van der Waals surface area contributed by atoms with Crippen molar-refractivity contribution in [2.45, 2.75) is 63.5 Å². The number of aliphatic hydroxyl groups is 1. The summed E-state index contributed by atoms with van der Waals surface area (Å²) in [7, 11) is 0. The maximum absolute atomic E-state index is 14.2. The number of aromatic carboxylic acids is 1. The van der Waals surface area contributed by atoms with E-state index in [9.17, 15) is 23.5 Å².